The maximum Gasteiger partial charge on any atom is 0.334 e. The molecule has 158 valence electrons. The summed E-state index contributed by atoms with van der Waals surface area (Å²) in [5.41, 5.74) is -0.110. The molecule has 6 heteroatoms. The van der Waals surface area contributed by atoms with E-state index in [9.17, 15) is 9.59 Å². The number of hydroxylamine groups is 2. The highest BCUT2D eigenvalue weighted by Crippen LogP contribution is 2.50. The van der Waals surface area contributed by atoms with Crippen molar-refractivity contribution in [3.05, 3.63) is 66.2 Å². The van der Waals surface area contributed by atoms with Crippen LogP contribution in [0, 0.1) is 0 Å². The van der Waals surface area contributed by atoms with E-state index in [1.54, 1.807) is 17.0 Å². The Balaban J connectivity index is 1.83. The number of carbonyl (C=O) groups excluding carboxylic acids is 2. The molecule has 0 radical (unpaired) electrons. The summed E-state index contributed by atoms with van der Waals surface area (Å²) in [5.74, 6) is -0.333. The second-order valence-corrected chi connectivity index (χ2v) is 9.23. The Morgan fingerprint density at radius 2 is 1.53 bits per heavy atom. The minimum atomic E-state index is -1.37. The Morgan fingerprint density at radius 1 is 0.967 bits per heavy atom. The van der Waals surface area contributed by atoms with Crippen molar-refractivity contribution >= 4 is 17.6 Å². The summed E-state index contributed by atoms with van der Waals surface area (Å²) in [6.45, 7) is 10.00. The third-order valence-electron chi connectivity index (χ3n) is 5.70. The molecule has 2 fully saturated rings. The molecule has 0 N–H and O–H groups in total. The van der Waals surface area contributed by atoms with Gasteiger partial charge < -0.3 is 0 Å². The zero-order valence-corrected chi connectivity index (χ0v) is 18.2. The van der Waals surface area contributed by atoms with E-state index < -0.39 is 5.72 Å². The normalized spacial score (nSPS) is 25.2. The molecule has 2 aromatic rings. The Labute approximate surface area is 178 Å². The van der Waals surface area contributed by atoms with E-state index >= 15 is 0 Å². The van der Waals surface area contributed by atoms with Gasteiger partial charge in [-0.15, -0.1) is 0 Å². The second kappa shape index (κ2) is 7.22. The molecule has 2 aliphatic rings. The summed E-state index contributed by atoms with van der Waals surface area (Å²) >= 11 is 0. The first-order chi connectivity index (χ1) is 14.2. The molecular formula is C24H29N3O3. The summed E-state index contributed by atoms with van der Waals surface area (Å²) in [7, 11) is 0. The van der Waals surface area contributed by atoms with Gasteiger partial charge in [-0.1, -0.05) is 48.5 Å². The average Bonchev–Trinajstić information content (AvgIpc) is 3.20. The quantitative estimate of drug-likeness (QED) is 0.690. The highest BCUT2D eigenvalue weighted by atomic mass is 16.7. The summed E-state index contributed by atoms with van der Waals surface area (Å²) in [4.78, 5) is 36.6. The van der Waals surface area contributed by atoms with Crippen molar-refractivity contribution in [2.75, 3.05) is 4.90 Å². The Bertz CT molecular complexity index is 939. The number of hydrogen-bond acceptors (Lipinski definition) is 4. The molecule has 1 spiro atoms. The predicted molar refractivity (Wildman–Crippen MR) is 116 cm³/mol. The number of rotatable bonds is 3. The van der Waals surface area contributed by atoms with Gasteiger partial charge in [0.15, 0.2) is 0 Å². The lowest BCUT2D eigenvalue weighted by Crippen LogP contribution is -2.54. The van der Waals surface area contributed by atoms with Crippen LogP contribution >= 0.6 is 0 Å². The average molecular weight is 408 g/mol. The van der Waals surface area contributed by atoms with Gasteiger partial charge in [-0.05, 0) is 52.3 Å². The second-order valence-electron chi connectivity index (χ2n) is 9.23. The number of hydrogen-bond donors (Lipinski definition) is 0. The van der Waals surface area contributed by atoms with Crippen LogP contribution in [0.15, 0.2) is 60.7 Å². The molecule has 0 aromatic heterocycles. The number of imide groups is 1. The molecule has 0 aliphatic carbocycles. The van der Waals surface area contributed by atoms with Crippen molar-refractivity contribution in [1.82, 2.24) is 9.96 Å². The van der Waals surface area contributed by atoms with E-state index in [-0.39, 0.29) is 29.6 Å². The summed E-state index contributed by atoms with van der Waals surface area (Å²) < 4.78 is 0. The summed E-state index contributed by atoms with van der Waals surface area (Å²) in [6.07, 6.45) is 0.375. The first-order valence-electron chi connectivity index (χ1n) is 10.4. The fourth-order valence-corrected chi connectivity index (χ4v) is 4.48. The lowest BCUT2D eigenvalue weighted by Gasteiger charge is -2.37. The Morgan fingerprint density at radius 3 is 2.07 bits per heavy atom. The van der Waals surface area contributed by atoms with Gasteiger partial charge in [0.2, 0.25) is 5.72 Å². The molecule has 30 heavy (non-hydrogen) atoms. The molecule has 2 heterocycles. The number of urea groups is 1. The van der Waals surface area contributed by atoms with Crippen LogP contribution in [-0.4, -0.2) is 39.2 Å². The van der Waals surface area contributed by atoms with E-state index in [1.807, 2.05) is 67.4 Å². The Kier molecular flexibility index (Phi) is 4.95. The maximum atomic E-state index is 13.8. The van der Waals surface area contributed by atoms with E-state index in [0.29, 0.717) is 12.1 Å². The maximum absolute atomic E-state index is 13.8. The zero-order chi connectivity index (χ0) is 21.7. The molecule has 4 rings (SSSR count). The van der Waals surface area contributed by atoms with E-state index in [2.05, 4.69) is 20.8 Å². The minimum Gasteiger partial charge on any atom is -0.283 e. The molecule has 6 nitrogen and oxygen atoms in total. The van der Waals surface area contributed by atoms with Crippen LogP contribution in [0.1, 0.15) is 52.6 Å². The van der Waals surface area contributed by atoms with Crippen LogP contribution < -0.4 is 4.90 Å². The third-order valence-corrected chi connectivity index (χ3v) is 5.70. The van der Waals surface area contributed by atoms with Crippen molar-refractivity contribution in [3.8, 4) is 0 Å². The van der Waals surface area contributed by atoms with E-state index in [4.69, 9.17) is 4.84 Å². The molecule has 2 atom stereocenters. The lowest BCUT2D eigenvalue weighted by atomic mass is 9.94. The van der Waals surface area contributed by atoms with Crippen molar-refractivity contribution in [1.29, 1.82) is 0 Å². The van der Waals surface area contributed by atoms with Gasteiger partial charge in [-0.2, -0.15) is 5.06 Å². The van der Waals surface area contributed by atoms with Crippen molar-refractivity contribution in [2.45, 2.75) is 64.4 Å². The van der Waals surface area contributed by atoms with E-state index in [0.717, 1.165) is 5.56 Å². The monoisotopic (exact) mass is 407 g/mol. The fourth-order valence-electron chi connectivity index (χ4n) is 4.48. The number of nitrogens with zero attached hydrogens (tertiary/aromatic N) is 3. The van der Waals surface area contributed by atoms with Crippen LogP contribution in [-0.2, 0) is 9.63 Å². The van der Waals surface area contributed by atoms with Gasteiger partial charge in [0.1, 0.15) is 0 Å². The van der Waals surface area contributed by atoms with Gasteiger partial charge in [-0.3, -0.25) is 14.5 Å². The predicted octanol–water partition coefficient (Wildman–Crippen LogP) is 4.74. The molecule has 3 amide bonds. The fraction of sp³-hybridized carbons (Fsp3) is 0.417. The van der Waals surface area contributed by atoms with Gasteiger partial charge in [0, 0.05) is 18.0 Å². The number of anilines is 1. The molecule has 2 aliphatic heterocycles. The number of benzene rings is 2. The highest BCUT2D eigenvalue weighted by molar-refractivity contribution is 6.22. The van der Waals surface area contributed by atoms with Gasteiger partial charge >= 0.3 is 6.03 Å². The molecular weight excluding hydrogens is 378 g/mol. The standard InChI is InChI=1S/C24H29N3O3/c1-17(2)26-22(29)25(19-14-10-7-11-15-19)21(28)24(26)16-20(18-12-8-6-9-13-18)27(30-24)23(3,4)5/h6-15,17,20H,16H2,1-5H3. The zero-order valence-electron chi connectivity index (χ0n) is 18.2. The van der Waals surface area contributed by atoms with Gasteiger partial charge in [-0.25, -0.2) is 9.69 Å². The van der Waals surface area contributed by atoms with Crippen LogP contribution in [0.4, 0.5) is 10.5 Å². The van der Waals surface area contributed by atoms with Crippen LogP contribution in [0.2, 0.25) is 0 Å². The molecule has 0 bridgehead atoms. The van der Waals surface area contributed by atoms with Gasteiger partial charge in [0.25, 0.3) is 5.91 Å². The SMILES string of the molecule is CC(C)N1C(=O)N(c2ccccc2)C(=O)C12CC(c1ccccc1)N(C(C)(C)C)O2. The molecule has 2 saturated heterocycles. The van der Waals surface area contributed by atoms with Crippen LogP contribution in [0.25, 0.3) is 0 Å². The Hall–Kier alpha value is -2.70. The van der Waals surface area contributed by atoms with Crippen molar-refractivity contribution in [2.24, 2.45) is 0 Å². The van der Waals surface area contributed by atoms with Gasteiger partial charge in [0.05, 0.1) is 11.7 Å². The third kappa shape index (κ3) is 3.11. The summed E-state index contributed by atoms with van der Waals surface area (Å²) in [6, 6.07) is 18.4. The number of carbonyl (C=O) groups is 2. The highest BCUT2D eigenvalue weighted by Gasteiger charge is 2.66. The van der Waals surface area contributed by atoms with Crippen molar-refractivity contribution < 1.29 is 14.4 Å². The largest absolute Gasteiger partial charge is 0.334 e. The smallest absolute Gasteiger partial charge is 0.283 e. The minimum absolute atomic E-state index is 0.153. The topological polar surface area (TPSA) is 53.1 Å². The molecule has 2 aromatic carbocycles. The lowest BCUT2D eigenvalue weighted by molar-refractivity contribution is -0.267. The van der Waals surface area contributed by atoms with Crippen molar-refractivity contribution in [3.63, 3.8) is 0 Å². The molecule has 0 saturated carbocycles. The number of para-hydroxylation sites is 1. The van der Waals surface area contributed by atoms with Crippen LogP contribution in [0.5, 0.6) is 0 Å². The van der Waals surface area contributed by atoms with Crippen LogP contribution in [0.3, 0.4) is 0 Å². The first-order valence-corrected chi connectivity index (χ1v) is 10.4. The summed E-state index contributed by atoms with van der Waals surface area (Å²) in [5, 5.41) is 1.89. The number of amides is 3. The first kappa shape index (κ1) is 20.6. The molecule has 2 unspecified atom stereocenters. The van der Waals surface area contributed by atoms with E-state index in [1.165, 1.54) is 4.90 Å².